The van der Waals surface area contributed by atoms with Gasteiger partial charge in [0.1, 0.15) is 5.76 Å². The van der Waals surface area contributed by atoms with Crippen molar-refractivity contribution >= 4 is 5.91 Å². The summed E-state index contributed by atoms with van der Waals surface area (Å²) in [5.74, 6) is 1.42. The first kappa shape index (κ1) is 10.2. The number of amides is 1. The fourth-order valence-electron chi connectivity index (χ4n) is 1.88. The first-order valence-corrected chi connectivity index (χ1v) is 5.28. The van der Waals surface area contributed by atoms with Crippen molar-refractivity contribution in [3.8, 4) is 0 Å². The summed E-state index contributed by atoms with van der Waals surface area (Å²) in [7, 11) is 0. The number of carbonyl (C=O) groups is 1. The van der Waals surface area contributed by atoms with Crippen LogP contribution in [0.5, 0.6) is 0 Å². The van der Waals surface area contributed by atoms with E-state index in [2.05, 4.69) is 17.6 Å². The van der Waals surface area contributed by atoms with Gasteiger partial charge in [0, 0.05) is 6.54 Å². The summed E-state index contributed by atoms with van der Waals surface area (Å²) >= 11 is 0. The third-order valence-corrected chi connectivity index (χ3v) is 2.87. The molecule has 4 nitrogen and oxygen atoms in total. The molecule has 1 amide bonds. The highest BCUT2D eigenvalue weighted by molar-refractivity contribution is 5.79. The van der Waals surface area contributed by atoms with E-state index in [1.54, 1.807) is 6.26 Å². The lowest BCUT2D eigenvalue weighted by atomic mass is 9.97. The molecule has 1 saturated heterocycles. The third-order valence-electron chi connectivity index (χ3n) is 2.87. The average Bonchev–Trinajstić information content (AvgIpc) is 2.84. The molecule has 0 saturated carbocycles. The molecular formula is C11H16N2O2. The molecule has 1 aliphatic heterocycles. The fraction of sp³-hybridized carbons (Fsp3) is 0.545. The van der Waals surface area contributed by atoms with Crippen LogP contribution in [-0.4, -0.2) is 19.0 Å². The van der Waals surface area contributed by atoms with E-state index in [0.29, 0.717) is 12.5 Å². The van der Waals surface area contributed by atoms with Gasteiger partial charge in [-0.1, -0.05) is 6.92 Å². The van der Waals surface area contributed by atoms with Crippen LogP contribution in [-0.2, 0) is 11.3 Å². The van der Waals surface area contributed by atoms with Crippen LogP contribution in [0.4, 0.5) is 0 Å². The van der Waals surface area contributed by atoms with E-state index in [4.69, 9.17) is 4.42 Å². The summed E-state index contributed by atoms with van der Waals surface area (Å²) in [4.78, 5) is 11.8. The van der Waals surface area contributed by atoms with Gasteiger partial charge < -0.3 is 15.1 Å². The quantitative estimate of drug-likeness (QED) is 0.770. The number of furan rings is 1. The van der Waals surface area contributed by atoms with Gasteiger partial charge in [0.15, 0.2) is 0 Å². The molecule has 4 heteroatoms. The summed E-state index contributed by atoms with van der Waals surface area (Å²) in [5.41, 5.74) is 0. The molecule has 0 bridgehead atoms. The van der Waals surface area contributed by atoms with Crippen molar-refractivity contribution in [3.05, 3.63) is 24.2 Å². The van der Waals surface area contributed by atoms with Crippen molar-refractivity contribution in [2.45, 2.75) is 13.5 Å². The molecule has 0 aliphatic carbocycles. The molecule has 2 rings (SSSR count). The smallest absolute Gasteiger partial charge is 0.225 e. The number of rotatable bonds is 3. The van der Waals surface area contributed by atoms with E-state index in [-0.39, 0.29) is 11.8 Å². The molecule has 1 fully saturated rings. The Hall–Kier alpha value is -1.29. The Morgan fingerprint density at radius 2 is 2.53 bits per heavy atom. The van der Waals surface area contributed by atoms with Crippen LogP contribution >= 0.6 is 0 Å². The Balaban J connectivity index is 1.82. The molecule has 0 aromatic carbocycles. The van der Waals surface area contributed by atoms with E-state index in [0.717, 1.165) is 18.8 Å². The molecule has 82 valence electrons. The van der Waals surface area contributed by atoms with Crippen molar-refractivity contribution in [3.63, 3.8) is 0 Å². The second kappa shape index (κ2) is 4.49. The van der Waals surface area contributed by atoms with Crippen LogP contribution in [0.3, 0.4) is 0 Å². The van der Waals surface area contributed by atoms with Gasteiger partial charge in [0.25, 0.3) is 0 Å². The third kappa shape index (κ3) is 2.39. The van der Waals surface area contributed by atoms with Crippen molar-refractivity contribution < 1.29 is 9.21 Å². The lowest BCUT2D eigenvalue weighted by Gasteiger charge is -2.13. The van der Waals surface area contributed by atoms with Gasteiger partial charge in [-0.05, 0) is 24.6 Å². The van der Waals surface area contributed by atoms with Crippen molar-refractivity contribution in [1.82, 2.24) is 10.6 Å². The van der Waals surface area contributed by atoms with Gasteiger partial charge in [-0.2, -0.15) is 0 Å². The number of hydrogen-bond donors (Lipinski definition) is 2. The highest BCUT2D eigenvalue weighted by atomic mass is 16.3. The van der Waals surface area contributed by atoms with E-state index >= 15 is 0 Å². The minimum absolute atomic E-state index is 0.0972. The van der Waals surface area contributed by atoms with E-state index in [1.165, 1.54) is 0 Å². The standard InChI is InChI=1S/C11H16N2O2/c1-8-5-12-7-10(8)11(14)13-6-9-3-2-4-15-9/h2-4,8,10,12H,5-7H2,1H3,(H,13,14)/t8-,10-/m1/s1. The Morgan fingerprint density at radius 3 is 3.13 bits per heavy atom. The normalized spacial score (nSPS) is 25.4. The van der Waals surface area contributed by atoms with Crippen LogP contribution in [0.1, 0.15) is 12.7 Å². The first-order chi connectivity index (χ1) is 7.27. The molecular weight excluding hydrogens is 192 g/mol. The summed E-state index contributed by atoms with van der Waals surface area (Å²) in [6.07, 6.45) is 1.61. The maximum atomic E-state index is 11.8. The van der Waals surface area contributed by atoms with Gasteiger partial charge in [-0.15, -0.1) is 0 Å². The first-order valence-electron chi connectivity index (χ1n) is 5.28. The molecule has 2 heterocycles. The SMILES string of the molecule is C[C@@H]1CNC[C@H]1C(=O)NCc1ccco1. The maximum absolute atomic E-state index is 11.8. The molecule has 2 N–H and O–H groups in total. The highest BCUT2D eigenvalue weighted by Crippen LogP contribution is 2.15. The van der Waals surface area contributed by atoms with Crippen molar-refractivity contribution in [2.24, 2.45) is 11.8 Å². The Bertz CT molecular complexity index is 321. The van der Waals surface area contributed by atoms with Gasteiger partial charge in [0.2, 0.25) is 5.91 Å². The van der Waals surface area contributed by atoms with Crippen molar-refractivity contribution in [2.75, 3.05) is 13.1 Å². The maximum Gasteiger partial charge on any atom is 0.225 e. The molecule has 0 spiro atoms. The molecule has 0 radical (unpaired) electrons. The zero-order valence-electron chi connectivity index (χ0n) is 8.82. The summed E-state index contributed by atoms with van der Waals surface area (Å²) in [6.45, 7) is 4.29. The zero-order valence-corrected chi connectivity index (χ0v) is 8.82. The Kier molecular flexibility index (Phi) is 3.06. The Morgan fingerprint density at radius 1 is 1.67 bits per heavy atom. The van der Waals surface area contributed by atoms with Crippen molar-refractivity contribution in [1.29, 1.82) is 0 Å². The topological polar surface area (TPSA) is 54.3 Å². The largest absolute Gasteiger partial charge is 0.467 e. The number of carbonyl (C=O) groups excluding carboxylic acids is 1. The minimum Gasteiger partial charge on any atom is -0.467 e. The molecule has 2 atom stereocenters. The molecule has 0 unspecified atom stereocenters. The summed E-state index contributed by atoms with van der Waals surface area (Å²) in [5, 5.41) is 6.10. The van der Waals surface area contributed by atoms with Crippen LogP contribution in [0, 0.1) is 11.8 Å². The molecule has 1 aliphatic rings. The molecule has 15 heavy (non-hydrogen) atoms. The lowest BCUT2D eigenvalue weighted by molar-refractivity contribution is -0.125. The Labute approximate surface area is 89.0 Å². The lowest BCUT2D eigenvalue weighted by Crippen LogP contribution is -2.33. The number of nitrogens with one attached hydrogen (secondary N) is 2. The van der Waals surface area contributed by atoms with Crippen LogP contribution < -0.4 is 10.6 Å². The average molecular weight is 208 g/mol. The van der Waals surface area contributed by atoms with E-state index < -0.39 is 0 Å². The van der Waals surface area contributed by atoms with Gasteiger partial charge in [-0.25, -0.2) is 0 Å². The molecule has 1 aromatic heterocycles. The van der Waals surface area contributed by atoms with E-state index in [1.807, 2.05) is 12.1 Å². The summed E-state index contributed by atoms with van der Waals surface area (Å²) in [6, 6.07) is 3.68. The highest BCUT2D eigenvalue weighted by Gasteiger charge is 2.29. The van der Waals surface area contributed by atoms with Crippen LogP contribution in [0.2, 0.25) is 0 Å². The van der Waals surface area contributed by atoms with E-state index in [9.17, 15) is 4.79 Å². The monoisotopic (exact) mass is 208 g/mol. The second-order valence-corrected chi connectivity index (χ2v) is 4.04. The predicted molar refractivity (Wildman–Crippen MR) is 56.1 cm³/mol. The minimum atomic E-state index is 0.0972. The summed E-state index contributed by atoms with van der Waals surface area (Å²) < 4.78 is 5.14. The van der Waals surface area contributed by atoms with Crippen LogP contribution in [0.15, 0.2) is 22.8 Å². The fourth-order valence-corrected chi connectivity index (χ4v) is 1.88. The van der Waals surface area contributed by atoms with Gasteiger partial charge in [0.05, 0.1) is 18.7 Å². The predicted octanol–water partition coefficient (Wildman–Crippen LogP) is 0.751. The number of hydrogen-bond acceptors (Lipinski definition) is 3. The van der Waals surface area contributed by atoms with Gasteiger partial charge in [-0.3, -0.25) is 4.79 Å². The van der Waals surface area contributed by atoms with Crippen LogP contribution in [0.25, 0.3) is 0 Å². The molecule has 1 aromatic rings. The van der Waals surface area contributed by atoms with Gasteiger partial charge >= 0.3 is 0 Å². The zero-order chi connectivity index (χ0) is 10.7. The second-order valence-electron chi connectivity index (χ2n) is 4.04.